The maximum absolute atomic E-state index is 10.7. The molecule has 2 aliphatic rings. The van der Waals surface area contributed by atoms with Crippen LogP contribution in [-0.2, 0) is 4.84 Å². The van der Waals surface area contributed by atoms with Gasteiger partial charge in [0.25, 0.3) is 0 Å². The third-order valence-corrected chi connectivity index (χ3v) is 4.40. The minimum Gasteiger partial charge on any atom is -0.388 e. The summed E-state index contributed by atoms with van der Waals surface area (Å²) in [6.45, 7) is 2.23. The normalized spacial score (nSPS) is 47.8. The van der Waals surface area contributed by atoms with Crippen molar-refractivity contribution < 1.29 is 9.94 Å². The molecule has 0 unspecified atom stereocenters. The maximum Gasteiger partial charge on any atom is 0.0875 e. The standard InChI is InChI=1S/C11H21NO2/c1-10-6-3-4-7-11(10,13)9(5-8-10)12-14-2/h9,12-13H,3-8H2,1-2H3/t9-,10+,11+/m1/s1. The van der Waals surface area contributed by atoms with Gasteiger partial charge < -0.3 is 9.94 Å². The molecule has 0 bridgehead atoms. The molecule has 0 aromatic heterocycles. The minimum atomic E-state index is -0.540. The molecular weight excluding hydrogens is 178 g/mol. The molecule has 0 heterocycles. The van der Waals surface area contributed by atoms with E-state index in [1.54, 1.807) is 7.11 Å². The van der Waals surface area contributed by atoms with Crippen LogP contribution in [0.15, 0.2) is 0 Å². The molecule has 3 heteroatoms. The second-order valence-electron chi connectivity index (χ2n) is 5.11. The van der Waals surface area contributed by atoms with Crippen LogP contribution in [0.1, 0.15) is 45.4 Å². The van der Waals surface area contributed by atoms with E-state index in [-0.39, 0.29) is 11.5 Å². The Morgan fingerprint density at radius 2 is 2.00 bits per heavy atom. The topological polar surface area (TPSA) is 41.5 Å². The van der Waals surface area contributed by atoms with Gasteiger partial charge >= 0.3 is 0 Å². The SMILES string of the molecule is CON[C@@H]1CC[C@]2(C)CCCC[C@]12O. The lowest BCUT2D eigenvalue weighted by atomic mass is 9.65. The molecule has 2 saturated carbocycles. The lowest BCUT2D eigenvalue weighted by Crippen LogP contribution is -2.55. The Balaban J connectivity index is 2.18. The number of aliphatic hydroxyl groups is 1. The van der Waals surface area contributed by atoms with E-state index in [2.05, 4.69) is 12.4 Å². The lowest BCUT2D eigenvalue weighted by molar-refractivity contribution is -0.122. The summed E-state index contributed by atoms with van der Waals surface area (Å²) < 4.78 is 0. The first-order chi connectivity index (χ1) is 6.62. The summed E-state index contributed by atoms with van der Waals surface area (Å²) in [6.07, 6.45) is 6.63. The van der Waals surface area contributed by atoms with E-state index in [9.17, 15) is 5.11 Å². The van der Waals surface area contributed by atoms with Crippen molar-refractivity contribution in [1.82, 2.24) is 5.48 Å². The number of nitrogens with one attached hydrogen (secondary N) is 1. The fourth-order valence-corrected chi connectivity index (χ4v) is 3.36. The van der Waals surface area contributed by atoms with Crippen molar-refractivity contribution in [1.29, 1.82) is 0 Å². The summed E-state index contributed by atoms with van der Waals surface area (Å²) in [5.41, 5.74) is 2.53. The van der Waals surface area contributed by atoms with Gasteiger partial charge in [-0.3, -0.25) is 0 Å². The molecule has 0 radical (unpaired) electrons. The Morgan fingerprint density at radius 1 is 1.29 bits per heavy atom. The zero-order valence-electron chi connectivity index (χ0n) is 9.18. The van der Waals surface area contributed by atoms with Crippen LogP contribution >= 0.6 is 0 Å². The van der Waals surface area contributed by atoms with E-state index in [0.29, 0.717) is 0 Å². The number of hydrogen-bond acceptors (Lipinski definition) is 3. The first-order valence-electron chi connectivity index (χ1n) is 5.63. The molecule has 0 aliphatic heterocycles. The maximum atomic E-state index is 10.7. The van der Waals surface area contributed by atoms with Crippen LogP contribution in [0.2, 0.25) is 0 Å². The predicted octanol–water partition coefficient (Wildman–Crippen LogP) is 1.61. The van der Waals surface area contributed by atoms with Gasteiger partial charge in [-0.1, -0.05) is 19.8 Å². The minimum absolute atomic E-state index is 0.113. The highest BCUT2D eigenvalue weighted by Crippen LogP contribution is 2.54. The van der Waals surface area contributed by atoms with Crippen LogP contribution in [-0.4, -0.2) is 23.9 Å². The summed E-state index contributed by atoms with van der Waals surface area (Å²) in [5, 5.41) is 10.7. The molecule has 82 valence electrons. The fourth-order valence-electron chi connectivity index (χ4n) is 3.36. The van der Waals surface area contributed by atoms with Crippen LogP contribution in [0.4, 0.5) is 0 Å². The van der Waals surface area contributed by atoms with Gasteiger partial charge in [0.2, 0.25) is 0 Å². The number of fused-ring (bicyclic) bond motifs is 1. The molecule has 0 aromatic rings. The fraction of sp³-hybridized carbons (Fsp3) is 1.00. The van der Waals surface area contributed by atoms with E-state index in [1.165, 1.54) is 6.42 Å². The molecule has 0 spiro atoms. The van der Waals surface area contributed by atoms with Gasteiger partial charge in [-0.15, -0.1) is 0 Å². The number of hydroxylamine groups is 1. The summed E-state index contributed by atoms with van der Waals surface area (Å²) in [7, 11) is 1.63. The second kappa shape index (κ2) is 3.47. The Bertz CT molecular complexity index is 221. The van der Waals surface area contributed by atoms with E-state index in [1.807, 2.05) is 0 Å². The van der Waals surface area contributed by atoms with Crippen LogP contribution in [0.3, 0.4) is 0 Å². The average molecular weight is 199 g/mol. The summed E-state index contributed by atoms with van der Waals surface area (Å²) >= 11 is 0. The van der Waals surface area contributed by atoms with Gasteiger partial charge in [0.15, 0.2) is 0 Å². The van der Waals surface area contributed by atoms with Crippen molar-refractivity contribution >= 4 is 0 Å². The summed E-state index contributed by atoms with van der Waals surface area (Å²) in [6, 6.07) is 0.123. The van der Waals surface area contributed by atoms with E-state index in [4.69, 9.17) is 4.84 Å². The molecule has 0 saturated heterocycles. The van der Waals surface area contributed by atoms with E-state index < -0.39 is 5.60 Å². The zero-order chi connectivity index (χ0) is 10.2. The van der Waals surface area contributed by atoms with Crippen molar-refractivity contribution in [3.8, 4) is 0 Å². The van der Waals surface area contributed by atoms with Crippen LogP contribution < -0.4 is 5.48 Å². The Kier molecular flexibility index (Phi) is 2.58. The lowest BCUT2D eigenvalue weighted by Gasteiger charge is -2.46. The summed E-state index contributed by atoms with van der Waals surface area (Å²) in [5.74, 6) is 0. The smallest absolute Gasteiger partial charge is 0.0875 e. The molecule has 2 fully saturated rings. The highest BCUT2D eigenvalue weighted by Gasteiger charge is 2.57. The zero-order valence-corrected chi connectivity index (χ0v) is 9.18. The van der Waals surface area contributed by atoms with Crippen molar-refractivity contribution in [2.24, 2.45) is 5.41 Å². The highest BCUT2D eigenvalue weighted by molar-refractivity contribution is 5.10. The molecule has 0 aromatic carbocycles. The third kappa shape index (κ3) is 1.30. The van der Waals surface area contributed by atoms with E-state index in [0.717, 1.165) is 32.1 Å². The van der Waals surface area contributed by atoms with Crippen LogP contribution in [0.5, 0.6) is 0 Å². The first kappa shape index (κ1) is 10.4. The van der Waals surface area contributed by atoms with Gasteiger partial charge in [-0.05, 0) is 31.1 Å². The monoisotopic (exact) mass is 199 g/mol. The van der Waals surface area contributed by atoms with Gasteiger partial charge in [-0.25, -0.2) is 0 Å². The molecule has 14 heavy (non-hydrogen) atoms. The van der Waals surface area contributed by atoms with Crippen LogP contribution in [0, 0.1) is 5.41 Å². The van der Waals surface area contributed by atoms with Crippen molar-refractivity contribution in [3.63, 3.8) is 0 Å². The molecule has 2 rings (SSSR count). The van der Waals surface area contributed by atoms with Gasteiger partial charge in [0, 0.05) is 0 Å². The third-order valence-electron chi connectivity index (χ3n) is 4.40. The van der Waals surface area contributed by atoms with Gasteiger partial charge in [0.05, 0.1) is 18.8 Å². The average Bonchev–Trinajstić information content (AvgIpc) is 2.42. The van der Waals surface area contributed by atoms with Crippen molar-refractivity contribution in [3.05, 3.63) is 0 Å². The second-order valence-corrected chi connectivity index (χ2v) is 5.11. The van der Waals surface area contributed by atoms with Gasteiger partial charge in [0.1, 0.15) is 0 Å². The predicted molar refractivity (Wildman–Crippen MR) is 54.7 cm³/mol. The van der Waals surface area contributed by atoms with Gasteiger partial charge in [-0.2, -0.15) is 5.48 Å². The molecule has 0 amide bonds. The Hall–Kier alpha value is -0.120. The summed E-state index contributed by atoms with van der Waals surface area (Å²) in [4.78, 5) is 4.97. The number of rotatable bonds is 2. The quantitative estimate of drug-likeness (QED) is 0.664. The van der Waals surface area contributed by atoms with Crippen LogP contribution in [0.25, 0.3) is 0 Å². The highest BCUT2D eigenvalue weighted by atomic mass is 16.6. The Morgan fingerprint density at radius 3 is 2.71 bits per heavy atom. The van der Waals surface area contributed by atoms with Crippen molar-refractivity contribution in [2.45, 2.75) is 57.1 Å². The first-order valence-corrected chi connectivity index (χ1v) is 5.63. The molecular formula is C11H21NO2. The van der Waals surface area contributed by atoms with E-state index >= 15 is 0 Å². The molecule has 2 aliphatic carbocycles. The largest absolute Gasteiger partial charge is 0.388 e. The van der Waals surface area contributed by atoms with Crippen molar-refractivity contribution in [2.75, 3.05) is 7.11 Å². The molecule has 3 atom stereocenters. The Labute approximate surface area is 85.8 Å². The molecule has 3 nitrogen and oxygen atoms in total. The number of hydrogen-bond donors (Lipinski definition) is 2. The molecule has 2 N–H and O–H groups in total.